The summed E-state index contributed by atoms with van der Waals surface area (Å²) >= 11 is 0. The van der Waals surface area contributed by atoms with Crippen molar-refractivity contribution in [3.63, 3.8) is 0 Å². The van der Waals surface area contributed by atoms with Crippen LogP contribution in [-0.4, -0.2) is 0 Å². The standard InChI is InChI=1S/C22H14/c1-3-7-19-13-17(14-20(19)8-4-1)11-12-18-15-21-9-5-2-6-10-22(21)16-18/h1-10,13-16H. The lowest BCUT2D eigenvalue weighted by atomic mass is 10.2. The number of hydrogen-bond donors (Lipinski definition) is 0. The second-order valence-corrected chi connectivity index (χ2v) is 5.38. The molecule has 102 valence electrons. The van der Waals surface area contributed by atoms with Crippen LogP contribution in [0.25, 0.3) is 22.3 Å². The molecule has 0 N–H and O–H groups in total. The summed E-state index contributed by atoms with van der Waals surface area (Å²) in [5, 5.41) is 0. The van der Waals surface area contributed by atoms with Gasteiger partial charge in [-0.15, -0.1) is 0 Å². The Kier molecular flexibility index (Phi) is 3.11. The van der Waals surface area contributed by atoms with Gasteiger partial charge in [-0.1, -0.05) is 72.5 Å². The molecule has 0 amide bonds. The van der Waals surface area contributed by atoms with Gasteiger partial charge >= 0.3 is 0 Å². The molecule has 0 fully saturated rings. The van der Waals surface area contributed by atoms with Gasteiger partial charge in [0, 0.05) is 11.1 Å². The van der Waals surface area contributed by atoms with Crippen LogP contribution in [0.4, 0.5) is 0 Å². The third kappa shape index (κ3) is 2.45. The van der Waals surface area contributed by atoms with Crippen molar-refractivity contribution in [1.29, 1.82) is 0 Å². The normalized spacial score (nSPS) is 10.4. The zero-order chi connectivity index (χ0) is 14.8. The third-order valence-electron chi connectivity index (χ3n) is 3.81. The maximum Gasteiger partial charge on any atom is 0.0261 e. The average Bonchev–Trinajstić information content (AvgIpc) is 2.94. The summed E-state index contributed by atoms with van der Waals surface area (Å²) in [6.07, 6.45) is 0. The second kappa shape index (κ2) is 5.39. The summed E-state index contributed by atoms with van der Waals surface area (Å²) in [5.74, 6) is 6.56. The van der Waals surface area contributed by atoms with Crippen molar-refractivity contribution in [2.24, 2.45) is 0 Å². The largest absolute Gasteiger partial charge is 0.0622 e. The molecule has 0 atom stereocenters. The molecule has 0 radical (unpaired) electrons. The first-order chi connectivity index (χ1) is 10.9. The van der Waals surface area contributed by atoms with E-state index in [1.165, 1.54) is 22.3 Å². The molecule has 0 aromatic heterocycles. The van der Waals surface area contributed by atoms with Crippen molar-refractivity contribution >= 4 is 0 Å². The minimum absolute atomic E-state index is 1.07. The van der Waals surface area contributed by atoms with Crippen LogP contribution in [0.5, 0.6) is 0 Å². The molecule has 0 heterocycles. The molecular weight excluding hydrogens is 264 g/mol. The first-order valence-corrected chi connectivity index (χ1v) is 7.38. The predicted molar refractivity (Wildman–Crippen MR) is 92.1 cm³/mol. The highest BCUT2D eigenvalue weighted by Crippen LogP contribution is 2.26. The van der Waals surface area contributed by atoms with E-state index in [0.29, 0.717) is 0 Å². The molecule has 0 bridgehead atoms. The maximum absolute atomic E-state index is 3.28. The molecule has 0 aromatic rings. The molecule has 22 heavy (non-hydrogen) atoms. The fraction of sp³-hybridized carbons (Fsp3) is 0. The Morgan fingerprint density at radius 1 is 0.409 bits per heavy atom. The van der Waals surface area contributed by atoms with E-state index < -0.39 is 0 Å². The predicted octanol–water partition coefficient (Wildman–Crippen LogP) is 5.30. The monoisotopic (exact) mass is 278 g/mol. The maximum atomic E-state index is 3.28. The molecule has 0 aromatic carbocycles. The summed E-state index contributed by atoms with van der Waals surface area (Å²) in [6, 6.07) is 29.4. The van der Waals surface area contributed by atoms with Crippen molar-refractivity contribution in [2.75, 3.05) is 0 Å². The van der Waals surface area contributed by atoms with Gasteiger partial charge in [0.2, 0.25) is 0 Å². The lowest BCUT2D eigenvalue weighted by molar-refractivity contribution is 1.78. The minimum Gasteiger partial charge on any atom is -0.0622 e. The van der Waals surface area contributed by atoms with Gasteiger partial charge in [-0.2, -0.15) is 0 Å². The molecule has 4 rings (SSSR count). The van der Waals surface area contributed by atoms with E-state index in [0.717, 1.165) is 11.1 Å². The van der Waals surface area contributed by atoms with Crippen LogP contribution in [0.1, 0.15) is 11.1 Å². The van der Waals surface area contributed by atoms with Gasteiger partial charge < -0.3 is 0 Å². The Bertz CT molecular complexity index is 799. The molecule has 0 saturated carbocycles. The third-order valence-corrected chi connectivity index (χ3v) is 3.81. The quantitative estimate of drug-likeness (QED) is 0.383. The summed E-state index contributed by atoms with van der Waals surface area (Å²) in [5.41, 5.74) is 7.06. The molecular formula is C22H14. The van der Waals surface area contributed by atoms with Crippen molar-refractivity contribution < 1.29 is 0 Å². The van der Waals surface area contributed by atoms with E-state index in [-0.39, 0.29) is 0 Å². The van der Waals surface area contributed by atoms with E-state index in [1.807, 2.05) is 12.1 Å². The Morgan fingerprint density at radius 2 is 0.727 bits per heavy atom. The number of hydrogen-bond acceptors (Lipinski definition) is 0. The smallest absolute Gasteiger partial charge is 0.0261 e. The van der Waals surface area contributed by atoms with Crippen molar-refractivity contribution in [1.82, 2.24) is 0 Å². The van der Waals surface area contributed by atoms with E-state index in [4.69, 9.17) is 0 Å². The summed E-state index contributed by atoms with van der Waals surface area (Å²) in [4.78, 5) is 0. The topological polar surface area (TPSA) is 0 Å². The highest BCUT2D eigenvalue weighted by molar-refractivity contribution is 5.73. The number of rotatable bonds is 0. The van der Waals surface area contributed by atoms with Gasteiger partial charge in [0.15, 0.2) is 0 Å². The Labute approximate surface area is 130 Å². The lowest BCUT2D eigenvalue weighted by Crippen LogP contribution is -1.66. The molecule has 4 aliphatic carbocycles. The van der Waals surface area contributed by atoms with Crippen LogP contribution in [-0.2, 0) is 0 Å². The van der Waals surface area contributed by atoms with Crippen LogP contribution < -0.4 is 0 Å². The molecule has 0 unspecified atom stereocenters. The van der Waals surface area contributed by atoms with Crippen molar-refractivity contribution in [3.05, 3.63) is 96.1 Å². The minimum atomic E-state index is 1.07. The number of fused-ring (bicyclic) bond motifs is 2. The molecule has 0 nitrogen and oxygen atoms in total. The zero-order valence-corrected chi connectivity index (χ0v) is 12.1. The van der Waals surface area contributed by atoms with Gasteiger partial charge in [-0.25, -0.2) is 0 Å². The van der Waals surface area contributed by atoms with Crippen LogP contribution in [0.15, 0.2) is 84.9 Å². The summed E-state index contributed by atoms with van der Waals surface area (Å²) < 4.78 is 0. The van der Waals surface area contributed by atoms with E-state index in [1.54, 1.807) is 0 Å². The van der Waals surface area contributed by atoms with Crippen molar-refractivity contribution in [2.45, 2.75) is 0 Å². The van der Waals surface area contributed by atoms with E-state index >= 15 is 0 Å². The van der Waals surface area contributed by atoms with Crippen LogP contribution in [0.3, 0.4) is 0 Å². The van der Waals surface area contributed by atoms with Gasteiger partial charge in [-0.3, -0.25) is 0 Å². The van der Waals surface area contributed by atoms with Gasteiger partial charge in [-0.05, 0) is 46.5 Å². The Morgan fingerprint density at radius 3 is 1.05 bits per heavy atom. The van der Waals surface area contributed by atoms with Gasteiger partial charge in [0.05, 0.1) is 0 Å². The molecule has 4 aliphatic rings. The van der Waals surface area contributed by atoms with E-state index in [2.05, 4.69) is 84.6 Å². The fourth-order valence-corrected chi connectivity index (χ4v) is 2.72. The summed E-state index contributed by atoms with van der Waals surface area (Å²) in [7, 11) is 0. The van der Waals surface area contributed by atoms with E-state index in [9.17, 15) is 0 Å². The molecule has 0 aliphatic heterocycles. The van der Waals surface area contributed by atoms with Gasteiger partial charge in [0.25, 0.3) is 0 Å². The highest BCUT2D eigenvalue weighted by atomic mass is 14.1. The van der Waals surface area contributed by atoms with Crippen LogP contribution in [0, 0.1) is 11.8 Å². The molecule has 0 heteroatoms. The van der Waals surface area contributed by atoms with Gasteiger partial charge in [0.1, 0.15) is 0 Å². The van der Waals surface area contributed by atoms with Crippen molar-refractivity contribution in [3.8, 4) is 34.1 Å². The molecule has 0 saturated heterocycles. The lowest BCUT2D eigenvalue weighted by Gasteiger charge is -1.85. The fourth-order valence-electron chi connectivity index (χ4n) is 2.72. The van der Waals surface area contributed by atoms with Crippen LogP contribution >= 0.6 is 0 Å². The summed E-state index contributed by atoms with van der Waals surface area (Å²) in [6.45, 7) is 0. The zero-order valence-electron chi connectivity index (χ0n) is 12.1. The average molecular weight is 278 g/mol. The van der Waals surface area contributed by atoms with Crippen LogP contribution in [0.2, 0.25) is 0 Å². The second-order valence-electron chi connectivity index (χ2n) is 5.38. The highest BCUT2D eigenvalue weighted by Gasteiger charge is 2.04. The SMILES string of the molecule is C(#Cc1cc2cccccc-2c1)c1cc2cccccc-2c1. The Hall–Kier alpha value is -3.04. The Balaban J connectivity index is 1.72. The molecule has 0 spiro atoms. The first kappa shape index (κ1) is 12.7. The first-order valence-electron chi connectivity index (χ1n) is 7.38.